The molecule has 1 aromatic heterocycles. The second-order valence-electron chi connectivity index (χ2n) is 3.32. The summed E-state index contributed by atoms with van der Waals surface area (Å²) < 4.78 is 0. The van der Waals surface area contributed by atoms with E-state index in [0.717, 1.165) is 11.4 Å². The first kappa shape index (κ1) is 11.2. The molecule has 1 amide bonds. The Labute approximate surface area is 89.6 Å². The molecule has 0 bridgehead atoms. The number of nitrogens with zero attached hydrogens (tertiary/aromatic N) is 2. The number of hydrogen-bond donors (Lipinski definition) is 1. The minimum absolute atomic E-state index is 0.188. The number of amides is 1. The zero-order valence-corrected chi connectivity index (χ0v) is 9.03. The molecule has 0 saturated heterocycles. The lowest BCUT2D eigenvalue weighted by Crippen LogP contribution is -2.21. The minimum atomic E-state index is -0.188. The largest absolute Gasteiger partial charge is 0.378 e. The quantitative estimate of drug-likeness (QED) is 0.744. The van der Waals surface area contributed by atoms with Gasteiger partial charge < -0.3 is 10.2 Å². The van der Waals surface area contributed by atoms with Gasteiger partial charge in [-0.25, -0.2) is 0 Å². The third-order valence-corrected chi connectivity index (χ3v) is 1.95. The molecule has 0 aliphatic heterocycles. The summed E-state index contributed by atoms with van der Waals surface area (Å²) in [5.41, 5.74) is 1.89. The molecule has 80 valence electrons. The summed E-state index contributed by atoms with van der Waals surface area (Å²) in [4.78, 5) is 17.1. The molecule has 0 aliphatic carbocycles. The summed E-state index contributed by atoms with van der Waals surface area (Å²) in [6.07, 6.45) is 2.97. The predicted molar refractivity (Wildman–Crippen MR) is 60.6 cm³/mol. The van der Waals surface area contributed by atoms with Crippen molar-refractivity contribution in [2.24, 2.45) is 0 Å². The highest BCUT2D eigenvalue weighted by atomic mass is 16.1. The number of aromatic nitrogens is 1. The number of carbonyl (C=O) groups excluding carboxylic acids is 1. The molecule has 4 heteroatoms. The number of nitrogens with one attached hydrogen (secondary N) is 1. The van der Waals surface area contributed by atoms with Crippen molar-refractivity contribution in [1.29, 1.82) is 0 Å². The molecule has 0 spiro atoms. The average Bonchev–Trinajstić information content (AvgIpc) is 2.26. The van der Waals surface area contributed by atoms with Crippen LogP contribution in [0.1, 0.15) is 5.69 Å². The van der Waals surface area contributed by atoms with E-state index in [9.17, 15) is 4.79 Å². The first-order chi connectivity index (χ1) is 7.13. The van der Waals surface area contributed by atoms with Gasteiger partial charge in [0.05, 0.1) is 12.2 Å². The zero-order valence-electron chi connectivity index (χ0n) is 9.03. The van der Waals surface area contributed by atoms with Crippen LogP contribution < -0.4 is 10.2 Å². The Balaban J connectivity index is 2.65. The van der Waals surface area contributed by atoms with Crippen LogP contribution in [-0.2, 0) is 11.3 Å². The monoisotopic (exact) mass is 205 g/mol. The van der Waals surface area contributed by atoms with Gasteiger partial charge in [-0.15, -0.1) is 0 Å². The molecule has 0 radical (unpaired) electrons. The number of anilines is 1. The van der Waals surface area contributed by atoms with Crippen molar-refractivity contribution < 1.29 is 4.79 Å². The SMILES string of the molecule is C=CC(=O)NCc1cc(N(C)C)ccn1. The van der Waals surface area contributed by atoms with Gasteiger partial charge >= 0.3 is 0 Å². The van der Waals surface area contributed by atoms with E-state index in [4.69, 9.17) is 0 Å². The molecule has 0 saturated carbocycles. The summed E-state index contributed by atoms with van der Waals surface area (Å²) in [7, 11) is 3.92. The van der Waals surface area contributed by atoms with Crippen LogP contribution in [-0.4, -0.2) is 25.0 Å². The van der Waals surface area contributed by atoms with Gasteiger partial charge in [0.2, 0.25) is 5.91 Å². The Morgan fingerprint density at radius 3 is 3.00 bits per heavy atom. The Morgan fingerprint density at radius 2 is 2.40 bits per heavy atom. The van der Waals surface area contributed by atoms with E-state index in [1.54, 1.807) is 6.20 Å². The third kappa shape index (κ3) is 3.42. The summed E-state index contributed by atoms with van der Waals surface area (Å²) in [5, 5.41) is 2.68. The Bertz CT molecular complexity index is 361. The molecule has 1 N–H and O–H groups in total. The van der Waals surface area contributed by atoms with Crippen molar-refractivity contribution in [3.05, 3.63) is 36.7 Å². The molecule has 0 unspecified atom stereocenters. The van der Waals surface area contributed by atoms with Crippen molar-refractivity contribution in [3.8, 4) is 0 Å². The van der Waals surface area contributed by atoms with Crippen LogP contribution in [0.2, 0.25) is 0 Å². The predicted octanol–water partition coefficient (Wildman–Crippen LogP) is 0.950. The summed E-state index contributed by atoms with van der Waals surface area (Å²) in [6, 6.07) is 3.85. The normalized spacial score (nSPS) is 9.47. The van der Waals surface area contributed by atoms with Crippen molar-refractivity contribution >= 4 is 11.6 Å². The van der Waals surface area contributed by atoms with E-state index < -0.39 is 0 Å². The second kappa shape index (κ2) is 5.14. The summed E-state index contributed by atoms with van der Waals surface area (Å²) in [6.45, 7) is 3.80. The fourth-order valence-corrected chi connectivity index (χ4v) is 1.09. The van der Waals surface area contributed by atoms with E-state index >= 15 is 0 Å². The van der Waals surface area contributed by atoms with E-state index in [1.807, 2.05) is 31.1 Å². The maximum atomic E-state index is 10.9. The van der Waals surface area contributed by atoms with Crippen LogP contribution in [0.5, 0.6) is 0 Å². The first-order valence-electron chi connectivity index (χ1n) is 4.66. The fraction of sp³-hybridized carbons (Fsp3) is 0.273. The number of hydrogen-bond acceptors (Lipinski definition) is 3. The van der Waals surface area contributed by atoms with Crippen molar-refractivity contribution in [2.45, 2.75) is 6.54 Å². The average molecular weight is 205 g/mol. The van der Waals surface area contributed by atoms with Gasteiger partial charge in [0.15, 0.2) is 0 Å². The van der Waals surface area contributed by atoms with Gasteiger partial charge in [-0.3, -0.25) is 9.78 Å². The van der Waals surface area contributed by atoms with Crippen molar-refractivity contribution in [2.75, 3.05) is 19.0 Å². The Kier molecular flexibility index (Phi) is 3.85. The summed E-state index contributed by atoms with van der Waals surface area (Å²) in [5.74, 6) is -0.188. The van der Waals surface area contributed by atoms with E-state index in [0.29, 0.717) is 6.54 Å². The molecule has 1 aromatic rings. The van der Waals surface area contributed by atoms with Crippen LogP contribution in [0.15, 0.2) is 31.0 Å². The lowest BCUT2D eigenvalue weighted by molar-refractivity contribution is -0.116. The molecule has 15 heavy (non-hydrogen) atoms. The Morgan fingerprint density at radius 1 is 1.67 bits per heavy atom. The van der Waals surface area contributed by atoms with Gasteiger partial charge in [-0.2, -0.15) is 0 Å². The van der Waals surface area contributed by atoms with Crippen LogP contribution in [0.25, 0.3) is 0 Å². The molecule has 1 heterocycles. The lowest BCUT2D eigenvalue weighted by atomic mass is 10.3. The molecule has 4 nitrogen and oxygen atoms in total. The third-order valence-electron chi connectivity index (χ3n) is 1.95. The van der Waals surface area contributed by atoms with Gasteiger partial charge in [-0.05, 0) is 18.2 Å². The maximum Gasteiger partial charge on any atom is 0.243 e. The molecule has 0 atom stereocenters. The smallest absolute Gasteiger partial charge is 0.243 e. The molecule has 0 aliphatic rings. The second-order valence-corrected chi connectivity index (χ2v) is 3.32. The number of carbonyl (C=O) groups is 1. The highest BCUT2D eigenvalue weighted by Gasteiger charge is 2.00. The molecule has 0 fully saturated rings. The topological polar surface area (TPSA) is 45.2 Å². The fourth-order valence-electron chi connectivity index (χ4n) is 1.09. The van der Waals surface area contributed by atoms with Gasteiger partial charge in [0.25, 0.3) is 0 Å². The van der Waals surface area contributed by atoms with E-state index in [2.05, 4.69) is 16.9 Å². The maximum absolute atomic E-state index is 10.9. The van der Waals surface area contributed by atoms with Crippen LogP contribution >= 0.6 is 0 Å². The van der Waals surface area contributed by atoms with Crippen molar-refractivity contribution in [3.63, 3.8) is 0 Å². The standard InChI is InChI=1S/C11H15N3O/c1-4-11(15)13-8-9-7-10(14(2)3)5-6-12-9/h4-7H,1,8H2,2-3H3,(H,13,15). The number of pyridine rings is 1. The van der Waals surface area contributed by atoms with Gasteiger partial charge in [0, 0.05) is 26.0 Å². The Hall–Kier alpha value is -1.84. The molecule has 0 aromatic carbocycles. The van der Waals surface area contributed by atoms with Gasteiger partial charge in [0.1, 0.15) is 0 Å². The van der Waals surface area contributed by atoms with Crippen LogP contribution in [0, 0.1) is 0 Å². The van der Waals surface area contributed by atoms with E-state index in [-0.39, 0.29) is 5.91 Å². The summed E-state index contributed by atoms with van der Waals surface area (Å²) >= 11 is 0. The van der Waals surface area contributed by atoms with Crippen LogP contribution in [0.3, 0.4) is 0 Å². The van der Waals surface area contributed by atoms with Crippen LogP contribution in [0.4, 0.5) is 5.69 Å². The zero-order chi connectivity index (χ0) is 11.3. The minimum Gasteiger partial charge on any atom is -0.378 e. The first-order valence-corrected chi connectivity index (χ1v) is 4.66. The molecule has 1 rings (SSSR count). The molecular weight excluding hydrogens is 190 g/mol. The van der Waals surface area contributed by atoms with E-state index in [1.165, 1.54) is 6.08 Å². The highest BCUT2D eigenvalue weighted by molar-refractivity contribution is 5.86. The van der Waals surface area contributed by atoms with Crippen molar-refractivity contribution in [1.82, 2.24) is 10.3 Å². The van der Waals surface area contributed by atoms with Gasteiger partial charge in [-0.1, -0.05) is 6.58 Å². The number of rotatable bonds is 4. The lowest BCUT2D eigenvalue weighted by Gasteiger charge is -2.12. The highest BCUT2D eigenvalue weighted by Crippen LogP contribution is 2.10. The molecular formula is C11H15N3O.